The molecule has 0 aromatic heterocycles. The van der Waals surface area contributed by atoms with Crippen LogP contribution in [-0.4, -0.2) is 29.6 Å². The van der Waals surface area contributed by atoms with E-state index >= 15 is 0 Å². The third kappa shape index (κ3) is 1.61. The van der Waals surface area contributed by atoms with Gasteiger partial charge in [0.25, 0.3) is 0 Å². The van der Waals surface area contributed by atoms with E-state index in [1.54, 1.807) is 0 Å². The quantitative estimate of drug-likeness (QED) is 0.705. The summed E-state index contributed by atoms with van der Waals surface area (Å²) in [6, 6.07) is 0. The number of ketones is 1. The molecule has 2 rings (SSSR count). The SMILES string of the molecule is COC(=O)[C@H]1CCC[C@@]2(C)C(=O)CCC[C@]12O. The smallest absolute Gasteiger partial charge is 0.311 e. The molecule has 0 heterocycles. The Morgan fingerprint density at radius 2 is 2.12 bits per heavy atom. The summed E-state index contributed by atoms with van der Waals surface area (Å²) < 4.78 is 4.77. The topological polar surface area (TPSA) is 63.6 Å². The minimum absolute atomic E-state index is 0.0971. The molecular formula is C13H20O4. The maximum absolute atomic E-state index is 12.1. The molecule has 0 unspecified atom stereocenters. The van der Waals surface area contributed by atoms with Gasteiger partial charge < -0.3 is 9.84 Å². The van der Waals surface area contributed by atoms with E-state index in [0.717, 1.165) is 6.42 Å². The molecule has 0 spiro atoms. The highest BCUT2D eigenvalue weighted by molar-refractivity contribution is 5.88. The lowest BCUT2D eigenvalue weighted by Gasteiger charge is -2.53. The zero-order valence-corrected chi connectivity index (χ0v) is 10.5. The molecule has 0 saturated heterocycles. The van der Waals surface area contributed by atoms with Crippen molar-refractivity contribution < 1.29 is 19.4 Å². The number of aliphatic hydroxyl groups is 1. The van der Waals surface area contributed by atoms with Crippen LogP contribution < -0.4 is 0 Å². The predicted molar refractivity (Wildman–Crippen MR) is 61.3 cm³/mol. The molecule has 96 valence electrons. The Bertz CT molecular complexity index is 351. The van der Waals surface area contributed by atoms with E-state index in [0.29, 0.717) is 32.1 Å². The molecule has 2 aliphatic rings. The Hall–Kier alpha value is -0.900. The fourth-order valence-corrected chi connectivity index (χ4v) is 3.58. The van der Waals surface area contributed by atoms with Crippen molar-refractivity contribution in [3.05, 3.63) is 0 Å². The first-order valence-corrected chi connectivity index (χ1v) is 6.29. The summed E-state index contributed by atoms with van der Waals surface area (Å²) in [5.74, 6) is -0.830. The maximum atomic E-state index is 12.1. The van der Waals surface area contributed by atoms with Crippen molar-refractivity contribution in [2.24, 2.45) is 11.3 Å². The van der Waals surface area contributed by atoms with Crippen LogP contribution >= 0.6 is 0 Å². The van der Waals surface area contributed by atoms with Gasteiger partial charge in [0.2, 0.25) is 0 Å². The highest BCUT2D eigenvalue weighted by Crippen LogP contribution is 2.53. The maximum Gasteiger partial charge on any atom is 0.311 e. The molecule has 4 nitrogen and oxygen atoms in total. The van der Waals surface area contributed by atoms with Crippen LogP contribution in [0.15, 0.2) is 0 Å². The molecule has 0 aromatic rings. The number of ether oxygens (including phenoxy) is 1. The van der Waals surface area contributed by atoms with E-state index in [-0.39, 0.29) is 11.8 Å². The van der Waals surface area contributed by atoms with Crippen LogP contribution in [0.5, 0.6) is 0 Å². The number of fused-ring (bicyclic) bond motifs is 1. The number of hydrogen-bond acceptors (Lipinski definition) is 4. The Morgan fingerprint density at radius 3 is 2.76 bits per heavy atom. The van der Waals surface area contributed by atoms with Crippen molar-refractivity contribution in [2.45, 2.75) is 51.0 Å². The summed E-state index contributed by atoms with van der Waals surface area (Å²) in [5, 5.41) is 10.9. The summed E-state index contributed by atoms with van der Waals surface area (Å²) >= 11 is 0. The van der Waals surface area contributed by atoms with Gasteiger partial charge >= 0.3 is 5.97 Å². The second-order valence-electron chi connectivity index (χ2n) is 5.50. The van der Waals surface area contributed by atoms with Crippen molar-refractivity contribution in [2.75, 3.05) is 7.11 Å². The number of hydrogen-bond donors (Lipinski definition) is 1. The van der Waals surface area contributed by atoms with E-state index in [4.69, 9.17) is 4.74 Å². The first-order valence-electron chi connectivity index (χ1n) is 6.29. The monoisotopic (exact) mass is 240 g/mol. The first kappa shape index (κ1) is 12.6. The van der Waals surface area contributed by atoms with Gasteiger partial charge in [-0.3, -0.25) is 9.59 Å². The van der Waals surface area contributed by atoms with E-state index < -0.39 is 16.9 Å². The number of rotatable bonds is 1. The molecule has 2 aliphatic carbocycles. The largest absolute Gasteiger partial charge is 0.469 e. The van der Waals surface area contributed by atoms with Gasteiger partial charge in [-0.2, -0.15) is 0 Å². The van der Waals surface area contributed by atoms with Gasteiger partial charge in [-0.05, 0) is 32.6 Å². The molecule has 0 bridgehead atoms. The number of carbonyl (C=O) groups excluding carboxylic acids is 2. The first-order chi connectivity index (χ1) is 7.95. The zero-order valence-electron chi connectivity index (χ0n) is 10.5. The van der Waals surface area contributed by atoms with Gasteiger partial charge in [0, 0.05) is 6.42 Å². The van der Waals surface area contributed by atoms with Gasteiger partial charge in [-0.25, -0.2) is 0 Å². The van der Waals surface area contributed by atoms with Gasteiger partial charge in [-0.15, -0.1) is 0 Å². The van der Waals surface area contributed by atoms with E-state index in [1.165, 1.54) is 7.11 Å². The molecule has 2 fully saturated rings. The second kappa shape index (κ2) is 4.09. The van der Waals surface area contributed by atoms with Crippen LogP contribution in [0.4, 0.5) is 0 Å². The highest BCUT2D eigenvalue weighted by atomic mass is 16.5. The van der Waals surface area contributed by atoms with Crippen molar-refractivity contribution in [1.29, 1.82) is 0 Å². The lowest BCUT2D eigenvalue weighted by molar-refractivity contribution is -0.193. The summed E-state index contributed by atoms with van der Waals surface area (Å²) in [7, 11) is 1.34. The fourth-order valence-electron chi connectivity index (χ4n) is 3.58. The van der Waals surface area contributed by atoms with Gasteiger partial charge in [-0.1, -0.05) is 6.42 Å². The van der Waals surface area contributed by atoms with Crippen LogP contribution in [0.1, 0.15) is 45.4 Å². The zero-order chi connectivity index (χ0) is 12.7. The summed E-state index contributed by atoms with van der Waals surface area (Å²) in [4.78, 5) is 23.9. The average Bonchev–Trinajstić information content (AvgIpc) is 2.30. The summed E-state index contributed by atoms with van der Waals surface area (Å²) in [6.07, 6.45) is 3.80. The molecular weight excluding hydrogens is 220 g/mol. The third-order valence-corrected chi connectivity index (χ3v) is 4.76. The highest BCUT2D eigenvalue weighted by Gasteiger charge is 2.61. The Kier molecular flexibility index (Phi) is 3.02. The lowest BCUT2D eigenvalue weighted by atomic mass is 9.53. The fraction of sp³-hybridized carbons (Fsp3) is 0.846. The minimum atomic E-state index is -1.20. The normalized spacial score (nSPS) is 41.8. The molecule has 1 N–H and O–H groups in total. The van der Waals surface area contributed by atoms with Crippen molar-refractivity contribution in [3.63, 3.8) is 0 Å². The molecule has 0 amide bonds. The molecule has 0 aromatic carbocycles. The number of Topliss-reactive ketones (excluding diaryl/α,β-unsaturated/α-hetero) is 1. The minimum Gasteiger partial charge on any atom is -0.469 e. The summed E-state index contributed by atoms with van der Waals surface area (Å²) in [5.41, 5.74) is -1.96. The number of esters is 1. The van der Waals surface area contributed by atoms with Crippen LogP contribution in [0.3, 0.4) is 0 Å². The van der Waals surface area contributed by atoms with E-state index in [1.807, 2.05) is 6.92 Å². The van der Waals surface area contributed by atoms with Crippen LogP contribution in [-0.2, 0) is 14.3 Å². The van der Waals surface area contributed by atoms with Crippen molar-refractivity contribution >= 4 is 11.8 Å². The second-order valence-corrected chi connectivity index (χ2v) is 5.50. The number of methoxy groups -OCH3 is 1. The van der Waals surface area contributed by atoms with Gasteiger partial charge in [0.1, 0.15) is 5.78 Å². The molecule has 17 heavy (non-hydrogen) atoms. The van der Waals surface area contributed by atoms with E-state index in [9.17, 15) is 14.7 Å². The third-order valence-electron chi connectivity index (χ3n) is 4.76. The predicted octanol–water partition coefficient (Wildman–Crippen LogP) is 1.45. The van der Waals surface area contributed by atoms with Crippen LogP contribution in [0.25, 0.3) is 0 Å². The van der Waals surface area contributed by atoms with Gasteiger partial charge in [0.05, 0.1) is 24.0 Å². The van der Waals surface area contributed by atoms with Crippen molar-refractivity contribution in [1.82, 2.24) is 0 Å². The Morgan fingerprint density at radius 1 is 1.41 bits per heavy atom. The summed E-state index contributed by atoms with van der Waals surface area (Å²) in [6.45, 7) is 1.81. The molecule has 2 saturated carbocycles. The van der Waals surface area contributed by atoms with Crippen molar-refractivity contribution in [3.8, 4) is 0 Å². The Labute approximate surface area is 101 Å². The molecule has 0 aliphatic heterocycles. The van der Waals surface area contributed by atoms with Gasteiger partial charge in [0.15, 0.2) is 0 Å². The van der Waals surface area contributed by atoms with Crippen LogP contribution in [0, 0.1) is 11.3 Å². The molecule has 4 heteroatoms. The molecule has 3 atom stereocenters. The van der Waals surface area contributed by atoms with Crippen LogP contribution in [0.2, 0.25) is 0 Å². The lowest BCUT2D eigenvalue weighted by Crippen LogP contribution is -2.62. The average molecular weight is 240 g/mol. The van der Waals surface area contributed by atoms with E-state index in [2.05, 4.69) is 0 Å². The number of carbonyl (C=O) groups is 2. The Balaban J connectivity index is 2.39. The standard InChI is InChI=1S/C13H20O4/c1-12-7-3-5-9(11(15)17-2)13(12,16)8-4-6-10(12)14/h9,16H,3-8H2,1-2H3/t9-,12+,13+/m1/s1. The molecule has 0 radical (unpaired) electrons.